The minimum atomic E-state index is -3.59. The summed E-state index contributed by atoms with van der Waals surface area (Å²) in [6.45, 7) is 1.79. The highest BCUT2D eigenvalue weighted by Crippen LogP contribution is 2.38. The van der Waals surface area contributed by atoms with E-state index in [1.807, 2.05) is 24.3 Å². The summed E-state index contributed by atoms with van der Waals surface area (Å²) in [5.74, 6) is 0. The normalized spacial score (nSPS) is 18.3. The summed E-state index contributed by atoms with van der Waals surface area (Å²) < 4.78 is 27.0. The third-order valence-corrected chi connectivity index (χ3v) is 5.95. The van der Waals surface area contributed by atoms with E-state index in [1.165, 1.54) is 15.6 Å². The highest BCUT2D eigenvalue weighted by molar-refractivity contribution is 7.93. The third kappa shape index (κ3) is 1.96. The molecule has 104 valence electrons. The Hall–Kier alpha value is -1.63. The summed E-state index contributed by atoms with van der Waals surface area (Å²) in [5, 5.41) is 1.78. The van der Waals surface area contributed by atoms with Gasteiger partial charge < -0.3 is 5.73 Å². The number of rotatable bonds is 2. The molecule has 2 aromatic rings. The Labute approximate surface area is 122 Å². The number of thiophene rings is 1. The number of anilines is 1. The van der Waals surface area contributed by atoms with Gasteiger partial charge in [0.15, 0.2) is 0 Å². The van der Waals surface area contributed by atoms with Gasteiger partial charge in [0.2, 0.25) is 0 Å². The molecule has 0 fully saturated rings. The van der Waals surface area contributed by atoms with Gasteiger partial charge in [0, 0.05) is 10.9 Å². The van der Waals surface area contributed by atoms with Crippen molar-refractivity contribution in [3.8, 4) is 0 Å². The van der Waals surface area contributed by atoms with Crippen LogP contribution in [-0.2, 0) is 10.0 Å². The van der Waals surface area contributed by atoms with Crippen LogP contribution in [0.1, 0.15) is 11.8 Å². The zero-order valence-electron chi connectivity index (χ0n) is 10.9. The Morgan fingerprint density at radius 3 is 2.55 bits per heavy atom. The lowest BCUT2D eigenvalue weighted by atomic mass is 10.2. The van der Waals surface area contributed by atoms with E-state index in [-0.39, 0.29) is 6.04 Å². The SMILES string of the molecule is C[C@H](N)C1=Cc2sccc2S(=O)(=O)N1c1ccccc1. The maximum Gasteiger partial charge on any atom is 0.269 e. The Morgan fingerprint density at radius 1 is 1.20 bits per heavy atom. The number of nitrogens with zero attached hydrogens (tertiary/aromatic N) is 1. The lowest BCUT2D eigenvalue weighted by molar-refractivity contribution is 0.592. The Kier molecular flexibility index (Phi) is 3.16. The summed E-state index contributed by atoms with van der Waals surface area (Å²) >= 11 is 1.41. The van der Waals surface area contributed by atoms with E-state index in [4.69, 9.17) is 5.73 Å². The van der Waals surface area contributed by atoms with Crippen molar-refractivity contribution in [3.05, 3.63) is 52.4 Å². The predicted molar refractivity (Wildman–Crippen MR) is 82.1 cm³/mol. The first-order valence-corrected chi connectivity index (χ1v) is 8.49. The summed E-state index contributed by atoms with van der Waals surface area (Å²) in [6.07, 6.45) is 1.86. The van der Waals surface area contributed by atoms with Crippen molar-refractivity contribution in [3.63, 3.8) is 0 Å². The van der Waals surface area contributed by atoms with Crippen molar-refractivity contribution >= 4 is 33.1 Å². The van der Waals surface area contributed by atoms with Crippen LogP contribution in [0.3, 0.4) is 0 Å². The van der Waals surface area contributed by atoms with Crippen molar-refractivity contribution in [2.24, 2.45) is 5.73 Å². The number of hydrogen-bond acceptors (Lipinski definition) is 4. The fourth-order valence-corrected chi connectivity index (χ4v) is 5.14. The van der Waals surface area contributed by atoms with Gasteiger partial charge in [-0.3, -0.25) is 0 Å². The zero-order chi connectivity index (χ0) is 14.3. The first kappa shape index (κ1) is 13.4. The summed E-state index contributed by atoms with van der Waals surface area (Å²) in [6, 6.07) is 10.3. The van der Waals surface area contributed by atoms with Crippen LogP contribution in [0.15, 0.2) is 52.4 Å². The van der Waals surface area contributed by atoms with Crippen molar-refractivity contribution in [1.29, 1.82) is 0 Å². The van der Waals surface area contributed by atoms with E-state index in [2.05, 4.69) is 0 Å². The second-order valence-corrected chi connectivity index (χ2v) is 7.31. The average molecular weight is 306 g/mol. The maximum absolute atomic E-state index is 12.8. The van der Waals surface area contributed by atoms with Gasteiger partial charge in [-0.1, -0.05) is 18.2 Å². The summed E-state index contributed by atoms with van der Waals surface area (Å²) in [4.78, 5) is 1.08. The molecule has 1 aromatic heterocycles. The summed E-state index contributed by atoms with van der Waals surface area (Å²) in [5.41, 5.74) is 7.17. The first-order valence-electron chi connectivity index (χ1n) is 6.17. The van der Waals surface area contributed by atoms with Crippen LogP contribution < -0.4 is 10.0 Å². The van der Waals surface area contributed by atoms with Gasteiger partial charge in [-0.25, -0.2) is 12.7 Å². The molecule has 4 nitrogen and oxygen atoms in total. The largest absolute Gasteiger partial charge is 0.323 e. The molecule has 0 amide bonds. The van der Waals surface area contributed by atoms with Crippen molar-refractivity contribution < 1.29 is 8.42 Å². The molecule has 1 aliphatic rings. The van der Waals surface area contributed by atoms with Crippen LogP contribution in [0.4, 0.5) is 5.69 Å². The Bertz CT molecular complexity index is 761. The zero-order valence-corrected chi connectivity index (χ0v) is 12.5. The molecule has 0 saturated carbocycles. The number of para-hydroxylation sites is 1. The third-order valence-electron chi connectivity index (χ3n) is 3.15. The van der Waals surface area contributed by atoms with Gasteiger partial charge in [0.05, 0.1) is 11.4 Å². The van der Waals surface area contributed by atoms with E-state index in [1.54, 1.807) is 30.5 Å². The molecule has 0 bridgehead atoms. The van der Waals surface area contributed by atoms with E-state index in [9.17, 15) is 8.42 Å². The van der Waals surface area contributed by atoms with Gasteiger partial charge in [-0.05, 0) is 36.6 Å². The second-order valence-electron chi connectivity index (χ2n) is 4.61. The fourth-order valence-electron chi connectivity index (χ4n) is 2.23. The van der Waals surface area contributed by atoms with E-state index in [0.29, 0.717) is 16.3 Å². The molecular formula is C14H14N2O2S2. The standard InChI is InChI=1S/C14H14N2O2S2/c1-10(15)12-9-13-14(7-8-19-13)20(17,18)16(12)11-5-3-2-4-6-11/h2-10H,15H2,1H3/t10-/m0/s1. The molecule has 0 saturated heterocycles. The van der Waals surface area contributed by atoms with Gasteiger partial charge >= 0.3 is 0 Å². The van der Waals surface area contributed by atoms with Gasteiger partial charge in [0.25, 0.3) is 10.0 Å². The predicted octanol–water partition coefficient (Wildman–Crippen LogP) is 2.65. The number of sulfonamides is 1. The molecule has 0 aliphatic carbocycles. The smallest absolute Gasteiger partial charge is 0.269 e. The Balaban J connectivity index is 2.27. The van der Waals surface area contributed by atoms with Gasteiger partial charge in [-0.2, -0.15) is 0 Å². The van der Waals surface area contributed by atoms with E-state index in [0.717, 1.165) is 4.88 Å². The number of nitrogens with two attached hydrogens (primary N) is 1. The van der Waals surface area contributed by atoms with E-state index < -0.39 is 10.0 Å². The number of benzene rings is 1. The van der Waals surface area contributed by atoms with Crippen molar-refractivity contribution in [1.82, 2.24) is 0 Å². The molecule has 1 aromatic carbocycles. The monoisotopic (exact) mass is 306 g/mol. The Morgan fingerprint density at radius 2 is 1.90 bits per heavy atom. The molecule has 1 aliphatic heterocycles. The van der Waals surface area contributed by atoms with Crippen LogP contribution >= 0.6 is 11.3 Å². The van der Waals surface area contributed by atoms with Gasteiger partial charge in [0.1, 0.15) is 4.90 Å². The van der Waals surface area contributed by atoms with Gasteiger partial charge in [-0.15, -0.1) is 11.3 Å². The maximum atomic E-state index is 12.8. The van der Waals surface area contributed by atoms with Crippen LogP contribution in [0.2, 0.25) is 0 Å². The lowest BCUT2D eigenvalue weighted by Gasteiger charge is -2.31. The topological polar surface area (TPSA) is 63.4 Å². The van der Waals surface area contributed by atoms with E-state index >= 15 is 0 Å². The molecule has 6 heteroatoms. The molecule has 0 spiro atoms. The molecule has 2 N–H and O–H groups in total. The quantitative estimate of drug-likeness (QED) is 0.927. The fraction of sp³-hybridized carbons (Fsp3) is 0.143. The lowest BCUT2D eigenvalue weighted by Crippen LogP contribution is -2.39. The van der Waals surface area contributed by atoms with Crippen LogP contribution in [0.25, 0.3) is 6.08 Å². The molecule has 0 unspecified atom stereocenters. The molecule has 0 radical (unpaired) electrons. The van der Waals surface area contributed by atoms with Crippen LogP contribution in [0.5, 0.6) is 0 Å². The molecule has 2 heterocycles. The minimum Gasteiger partial charge on any atom is -0.323 e. The molecule has 1 atom stereocenters. The van der Waals surface area contributed by atoms with Crippen molar-refractivity contribution in [2.75, 3.05) is 4.31 Å². The molecular weight excluding hydrogens is 292 g/mol. The number of fused-ring (bicyclic) bond motifs is 1. The highest BCUT2D eigenvalue weighted by Gasteiger charge is 2.35. The molecule has 20 heavy (non-hydrogen) atoms. The average Bonchev–Trinajstić information content (AvgIpc) is 2.88. The second kappa shape index (κ2) is 4.73. The molecule has 3 rings (SSSR count). The first-order chi connectivity index (χ1) is 9.51. The minimum absolute atomic E-state index is 0.343. The highest BCUT2D eigenvalue weighted by atomic mass is 32.2. The number of hydrogen-bond donors (Lipinski definition) is 1. The van der Waals surface area contributed by atoms with Crippen LogP contribution in [-0.4, -0.2) is 14.5 Å². The van der Waals surface area contributed by atoms with Crippen LogP contribution in [0, 0.1) is 0 Å². The summed E-state index contributed by atoms with van der Waals surface area (Å²) in [7, 11) is -3.59. The van der Waals surface area contributed by atoms with Crippen molar-refractivity contribution in [2.45, 2.75) is 17.9 Å².